The highest BCUT2D eigenvalue weighted by Gasteiger charge is 2.49. The van der Waals surface area contributed by atoms with Gasteiger partial charge in [-0.25, -0.2) is 0 Å². The summed E-state index contributed by atoms with van der Waals surface area (Å²) >= 11 is 5.55. The number of hydrogen-bond donors (Lipinski definition) is 0. The maximum atomic E-state index is 13.5. The molecule has 0 unspecified atom stereocenters. The Balaban J connectivity index is 1.54. The number of hydrogen-bond acceptors (Lipinski definition) is 5. The maximum Gasteiger partial charge on any atom is 0.417 e. The van der Waals surface area contributed by atoms with Crippen molar-refractivity contribution >= 4 is 28.9 Å². The quantitative estimate of drug-likeness (QED) is 0.287. The van der Waals surface area contributed by atoms with Gasteiger partial charge in [-0.15, -0.1) is 0 Å². The number of nitrogens with zero attached hydrogens (tertiary/aromatic N) is 4. The summed E-state index contributed by atoms with van der Waals surface area (Å²) in [4.78, 5) is 18.7. The highest BCUT2D eigenvalue weighted by atomic mass is 32.1. The predicted octanol–water partition coefficient (Wildman–Crippen LogP) is 5.35. The summed E-state index contributed by atoms with van der Waals surface area (Å²) in [7, 11) is 1.75. The van der Waals surface area contributed by atoms with Crippen LogP contribution in [0.15, 0.2) is 18.2 Å². The van der Waals surface area contributed by atoms with Crippen molar-refractivity contribution in [3.63, 3.8) is 0 Å². The number of carbonyl (C=O) groups excluding carboxylic acids is 1. The molecule has 1 aromatic rings. The summed E-state index contributed by atoms with van der Waals surface area (Å²) in [6.07, 6.45) is 2.89. The first-order valence-corrected chi connectivity index (χ1v) is 12.9. The van der Waals surface area contributed by atoms with Crippen molar-refractivity contribution in [1.29, 1.82) is 5.26 Å². The number of rotatable bonds is 11. The van der Waals surface area contributed by atoms with E-state index in [1.807, 2.05) is 0 Å². The van der Waals surface area contributed by atoms with E-state index in [1.54, 1.807) is 31.9 Å². The lowest BCUT2D eigenvalue weighted by atomic mass is 10.0. The Morgan fingerprint density at radius 3 is 2.47 bits per heavy atom. The number of likely N-dealkylation sites (tertiary alicyclic amines) is 1. The van der Waals surface area contributed by atoms with E-state index < -0.39 is 22.8 Å². The number of ether oxygens (including phenoxy) is 1. The van der Waals surface area contributed by atoms with Crippen LogP contribution in [-0.2, 0) is 15.7 Å². The van der Waals surface area contributed by atoms with Crippen molar-refractivity contribution in [1.82, 2.24) is 9.80 Å². The number of benzene rings is 1. The van der Waals surface area contributed by atoms with Gasteiger partial charge in [-0.1, -0.05) is 19.3 Å². The second-order valence-corrected chi connectivity index (χ2v) is 10.4. The minimum Gasteiger partial charge on any atom is -0.383 e. The van der Waals surface area contributed by atoms with Crippen LogP contribution in [-0.4, -0.2) is 65.8 Å². The Labute approximate surface area is 217 Å². The number of alkyl halides is 3. The van der Waals surface area contributed by atoms with Crippen molar-refractivity contribution in [3.05, 3.63) is 29.3 Å². The number of halogens is 3. The molecule has 198 valence electrons. The van der Waals surface area contributed by atoms with E-state index in [2.05, 4.69) is 4.90 Å². The zero-order chi connectivity index (χ0) is 26.5. The molecule has 0 spiro atoms. The van der Waals surface area contributed by atoms with E-state index in [9.17, 15) is 18.0 Å². The third kappa shape index (κ3) is 6.18. The minimum absolute atomic E-state index is 0.0283. The molecule has 3 rings (SSSR count). The molecule has 2 fully saturated rings. The first-order valence-electron chi connectivity index (χ1n) is 12.5. The monoisotopic (exact) mass is 524 g/mol. The Bertz CT molecular complexity index is 992. The Kier molecular flexibility index (Phi) is 9.36. The molecule has 0 aromatic heterocycles. The Hall–Kier alpha value is -2.22. The fourth-order valence-electron chi connectivity index (χ4n) is 5.13. The molecular weight excluding hydrogens is 489 g/mol. The third-order valence-electron chi connectivity index (χ3n) is 7.20. The molecule has 36 heavy (non-hydrogen) atoms. The number of thiocarbonyl (C=S) groups is 1. The van der Waals surface area contributed by atoms with Crippen molar-refractivity contribution < 1.29 is 22.7 Å². The smallest absolute Gasteiger partial charge is 0.383 e. The van der Waals surface area contributed by atoms with Crippen LogP contribution in [0.2, 0.25) is 0 Å². The van der Waals surface area contributed by atoms with Crippen molar-refractivity contribution in [2.24, 2.45) is 0 Å². The second kappa shape index (κ2) is 11.9. The number of unbranched alkanes of at least 4 members (excludes halogenated alkanes) is 4. The zero-order valence-electron chi connectivity index (χ0n) is 21.2. The van der Waals surface area contributed by atoms with Gasteiger partial charge in [0.05, 0.1) is 29.5 Å². The third-order valence-corrected chi connectivity index (χ3v) is 7.60. The first kappa shape index (κ1) is 28.4. The normalized spacial score (nSPS) is 20.4. The average Bonchev–Trinajstić information content (AvgIpc) is 3.33. The molecule has 0 aliphatic carbocycles. The average molecular weight is 525 g/mol. The molecular formula is C26H35F3N4O2S. The molecule has 0 N–H and O–H groups in total. The van der Waals surface area contributed by atoms with Gasteiger partial charge in [0.2, 0.25) is 0 Å². The van der Waals surface area contributed by atoms with E-state index in [0.29, 0.717) is 12.6 Å². The predicted molar refractivity (Wildman–Crippen MR) is 137 cm³/mol. The lowest BCUT2D eigenvalue weighted by Gasteiger charge is -2.29. The van der Waals surface area contributed by atoms with Gasteiger partial charge < -0.3 is 9.64 Å². The number of carbonyl (C=O) groups is 1. The van der Waals surface area contributed by atoms with Gasteiger partial charge in [0.1, 0.15) is 5.54 Å². The highest BCUT2D eigenvalue weighted by Crippen LogP contribution is 2.38. The van der Waals surface area contributed by atoms with Gasteiger partial charge in [0, 0.05) is 19.7 Å². The Morgan fingerprint density at radius 2 is 1.83 bits per heavy atom. The van der Waals surface area contributed by atoms with E-state index in [4.69, 9.17) is 22.2 Å². The molecule has 1 amide bonds. The topological polar surface area (TPSA) is 59.8 Å². The standard InChI is InChI=1S/C26H35F3N4O2S/c1-25(2)23(34)33(20-12-11-19(17-30)22(16-20)26(27,28)29)24(36)32(25)15-8-6-4-5-7-13-31-14-9-10-21(31)18-35-3/h11-12,16,21H,4-10,13-15,18H2,1-3H3/t21-/m1/s1. The largest absolute Gasteiger partial charge is 0.417 e. The summed E-state index contributed by atoms with van der Waals surface area (Å²) in [5.41, 5.74) is -2.49. The molecule has 0 radical (unpaired) electrons. The number of nitriles is 1. The second-order valence-electron chi connectivity index (χ2n) is 10.0. The fourth-order valence-corrected chi connectivity index (χ4v) is 5.64. The van der Waals surface area contributed by atoms with Gasteiger partial charge >= 0.3 is 6.18 Å². The van der Waals surface area contributed by atoms with Crippen LogP contribution in [0.3, 0.4) is 0 Å². The molecule has 6 nitrogen and oxygen atoms in total. The van der Waals surface area contributed by atoms with Crippen LogP contribution in [0.4, 0.5) is 18.9 Å². The van der Waals surface area contributed by atoms with Crippen LogP contribution >= 0.6 is 12.2 Å². The van der Waals surface area contributed by atoms with E-state index in [-0.39, 0.29) is 16.7 Å². The van der Waals surface area contributed by atoms with Crippen LogP contribution in [0, 0.1) is 11.3 Å². The fraction of sp³-hybridized carbons (Fsp3) is 0.654. The van der Waals surface area contributed by atoms with E-state index >= 15 is 0 Å². The van der Waals surface area contributed by atoms with E-state index in [1.165, 1.54) is 18.9 Å². The summed E-state index contributed by atoms with van der Waals surface area (Å²) < 4.78 is 45.7. The maximum absolute atomic E-state index is 13.5. The number of amides is 1. The van der Waals surface area contributed by atoms with Gasteiger partial charge in [-0.2, -0.15) is 18.4 Å². The molecule has 0 saturated carbocycles. The summed E-state index contributed by atoms with van der Waals surface area (Å²) in [6.45, 7) is 7.06. The van der Waals surface area contributed by atoms with Gasteiger partial charge in [-0.05, 0) is 83.0 Å². The van der Waals surface area contributed by atoms with Gasteiger partial charge in [0.25, 0.3) is 5.91 Å². The Morgan fingerprint density at radius 1 is 1.17 bits per heavy atom. The van der Waals surface area contributed by atoms with Gasteiger partial charge in [-0.3, -0.25) is 14.6 Å². The van der Waals surface area contributed by atoms with Crippen molar-refractivity contribution in [2.45, 2.75) is 76.6 Å². The molecule has 2 aliphatic rings. The number of anilines is 1. The van der Waals surface area contributed by atoms with Crippen LogP contribution < -0.4 is 4.90 Å². The molecule has 1 aromatic carbocycles. The summed E-state index contributed by atoms with van der Waals surface area (Å²) in [5.74, 6) is -0.374. The lowest BCUT2D eigenvalue weighted by Crippen LogP contribution is -2.44. The van der Waals surface area contributed by atoms with Crippen LogP contribution in [0.1, 0.15) is 69.9 Å². The molecule has 2 heterocycles. The lowest BCUT2D eigenvalue weighted by molar-refractivity contribution is -0.137. The molecule has 0 bridgehead atoms. The minimum atomic E-state index is -4.71. The van der Waals surface area contributed by atoms with E-state index in [0.717, 1.165) is 68.8 Å². The van der Waals surface area contributed by atoms with Crippen molar-refractivity contribution in [3.8, 4) is 6.07 Å². The molecule has 1 atom stereocenters. The van der Waals surface area contributed by atoms with Crippen molar-refractivity contribution in [2.75, 3.05) is 38.3 Å². The first-order chi connectivity index (χ1) is 17.0. The number of methoxy groups -OCH3 is 1. The highest BCUT2D eigenvalue weighted by molar-refractivity contribution is 7.80. The van der Waals surface area contributed by atoms with Gasteiger partial charge in [0.15, 0.2) is 5.11 Å². The summed E-state index contributed by atoms with van der Waals surface area (Å²) in [6, 6.07) is 5.37. The SMILES string of the molecule is COC[C@H]1CCCN1CCCCCCCN1C(=S)N(c2ccc(C#N)c(C(F)(F)F)c2)C(=O)C1(C)C. The van der Waals surface area contributed by atoms with Crippen LogP contribution in [0.5, 0.6) is 0 Å². The molecule has 10 heteroatoms. The zero-order valence-corrected chi connectivity index (χ0v) is 22.1. The summed E-state index contributed by atoms with van der Waals surface area (Å²) in [5, 5.41) is 9.25. The molecule has 2 aliphatic heterocycles. The van der Waals surface area contributed by atoms with Crippen LogP contribution in [0.25, 0.3) is 0 Å². The molecule has 2 saturated heterocycles.